The normalized spacial score (nSPS) is 11.0. The Morgan fingerprint density at radius 2 is 1.70 bits per heavy atom. The number of aromatic nitrogens is 4. The van der Waals surface area contributed by atoms with Crippen molar-refractivity contribution in [3.05, 3.63) is 96.1 Å². The minimum absolute atomic E-state index is 0.236. The van der Waals surface area contributed by atoms with Crippen LogP contribution in [-0.4, -0.2) is 39.5 Å². The van der Waals surface area contributed by atoms with Crippen molar-refractivity contribution >= 4 is 16.9 Å². The highest BCUT2D eigenvalue weighted by Crippen LogP contribution is 2.33. The Balaban J connectivity index is 1.49. The highest BCUT2D eigenvalue weighted by molar-refractivity contribution is 5.98. The van der Waals surface area contributed by atoms with E-state index in [9.17, 15) is 13.6 Å². The van der Waals surface area contributed by atoms with Gasteiger partial charge in [-0.2, -0.15) is 0 Å². The zero-order valence-corrected chi connectivity index (χ0v) is 20.0. The number of rotatable bonds is 8. The minimum atomic E-state index is -0.496. The predicted octanol–water partition coefficient (Wildman–Crippen LogP) is 5.34. The molecular weight excluding hydrogens is 476 g/mol. The van der Waals surface area contributed by atoms with Gasteiger partial charge < -0.3 is 15.0 Å². The van der Waals surface area contributed by atoms with E-state index in [1.165, 1.54) is 31.4 Å². The summed E-state index contributed by atoms with van der Waals surface area (Å²) in [4.78, 5) is 29.5. The molecule has 0 aliphatic carbocycles. The molecule has 37 heavy (non-hydrogen) atoms. The summed E-state index contributed by atoms with van der Waals surface area (Å²) in [7, 11) is 1.45. The third kappa shape index (κ3) is 5.45. The van der Waals surface area contributed by atoms with Crippen LogP contribution in [0.4, 0.5) is 8.78 Å². The summed E-state index contributed by atoms with van der Waals surface area (Å²) >= 11 is 0. The number of carbonyl (C=O) groups excluding carboxylic acids is 1. The molecule has 5 rings (SSSR count). The number of aromatic amines is 1. The quantitative estimate of drug-likeness (QED) is 0.281. The molecule has 0 radical (unpaired) electrons. The van der Waals surface area contributed by atoms with Crippen LogP contribution in [0.15, 0.2) is 73.1 Å². The number of halogens is 2. The fraction of sp³-hybridized carbons (Fsp3) is 0.143. The molecule has 0 aliphatic heterocycles. The number of benzene rings is 3. The van der Waals surface area contributed by atoms with Crippen LogP contribution in [-0.2, 0) is 6.42 Å². The van der Waals surface area contributed by atoms with Crippen LogP contribution in [0.5, 0.6) is 5.75 Å². The fourth-order valence-corrected chi connectivity index (χ4v) is 4.02. The summed E-state index contributed by atoms with van der Waals surface area (Å²) in [5, 5.41) is 2.91. The molecule has 2 aromatic heterocycles. The zero-order valence-electron chi connectivity index (χ0n) is 20.0. The zero-order chi connectivity index (χ0) is 25.8. The summed E-state index contributed by atoms with van der Waals surface area (Å²) in [6.07, 6.45) is 4.92. The molecule has 3 aromatic carbocycles. The monoisotopic (exact) mass is 499 g/mol. The Morgan fingerprint density at radius 3 is 2.46 bits per heavy atom. The second-order valence-corrected chi connectivity index (χ2v) is 8.41. The Labute approximate surface area is 211 Å². The van der Waals surface area contributed by atoms with Crippen LogP contribution in [0.2, 0.25) is 0 Å². The average Bonchev–Trinajstić information content (AvgIpc) is 3.43. The number of aryl methyl sites for hydroxylation is 1. The summed E-state index contributed by atoms with van der Waals surface area (Å²) in [6.45, 7) is 0.487. The number of nitrogens with zero attached hydrogens (tertiary/aromatic N) is 3. The van der Waals surface area contributed by atoms with Crippen LogP contribution in [0.25, 0.3) is 33.5 Å². The third-order valence-electron chi connectivity index (χ3n) is 5.86. The summed E-state index contributed by atoms with van der Waals surface area (Å²) in [6, 6.07) is 15.1. The van der Waals surface area contributed by atoms with Crippen molar-refractivity contribution in [2.24, 2.45) is 0 Å². The molecule has 2 N–H and O–H groups in total. The fourth-order valence-electron chi connectivity index (χ4n) is 4.02. The second-order valence-electron chi connectivity index (χ2n) is 8.41. The smallest absolute Gasteiger partial charge is 0.251 e. The van der Waals surface area contributed by atoms with Crippen molar-refractivity contribution in [1.82, 2.24) is 25.3 Å². The maximum Gasteiger partial charge on any atom is 0.251 e. The molecule has 7 nitrogen and oxygen atoms in total. The average molecular weight is 500 g/mol. The number of fused-ring (bicyclic) bond motifs is 1. The molecule has 1 amide bonds. The SMILES string of the molecule is COc1cc(F)cc(-c2nc3cc(C(=O)NCCCc4ncc[nH]4)ccc3nc2-c2ccc(F)cc2)c1. The highest BCUT2D eigenvalue weighted by atomic mass is 19.1. The largest absolute Gasteiger partial charge is 0.497 e. The number of hydrogen-bond acceptors (Lipinski definition) is 5. The lowest BCUT2D eigenvalue weighted by atomic mass is 10.0. The first-order valence-corrected chi connectivity index (χ1v) is 11.7. The molecule has 5 aromatic rings. The Kier molecular flexibility index (Phi) is 6.85. The number of nitrogens with one attached hydrogen (secondary N) is 2. The summed E-state index contributed by atoms with van der Waals surface area (Å²) < 4.78 is 33.2. The number of methoxy groups -OCH3 is 1. The van der Waals surface area contributed by atoms with Crippen LogP contribution in [0.1, 0.15) is 22.6 Å². The van der Waals surface area contributed by atoms with E-state index in [0.29, 0.717) is 51.4 Å². The first kappa shape index (κ1) is 24.1. The molecule has 0 saturated heterocycles. The van der Waals surface area contributed by atoms with Gasteiger partial charge in [-0.25, -0.2) is 23.7 Å². The van der Waals surface area contributed by atoms with Gasteiger partial charge >= 0.3 is 0 Å². The van der Waals surface area contributed by atoms with Gasteiger partial charge in [0.05, 0.1) is 29.5 Å². The van der Waals surface area contributed by atoms with E-state index in [-0.39, 0.29) is 11.7 Å². The summed E-state index contributed by atoms with van der Waals surface area (Å²) in [5.41, 5.74) is 3.33. The molecule has 2 heterocycles. The van der Waals surface area contributed by atoms with Crippen molar-refractivity contribution < 1.29 is 18.3 Å². The third-order valence-corrected chi connectivity index (χ3v) is 5.86. The summed E-state index contributed by atoms with van der Waals surface area (Å²) in [5.74, 6) is 0.0772. The Morgan fingerprint density at radius 1 is 0.919 bits per heavy atom. The van der Waals surface area contributed by atoms with Gasteiger partial charge in [0.15, 0.2) is 0 Å². The molecule has 0 unspecified atom stereocenters. The Bertz CT molecular complexity index is 1550. The van der Waals surface area contributed by atoms with E-state index >= 15 is 0 Å². The molecule has 0 fully saturated rings. The van der Waals surface area contributed by atoms with Crippen LogP contribution in [0, 0.1) is 11.6 Å². The van der Waals surface area contributed by atoms with Gasteiger partial charge in [-0.3, -0.25) is 4.79 Å². The van der Waals surface area contributed by atoms with Crippen molar-refractivity contribution in [2.45, 2.75) is 12.8 Å². The van der Waals surface area contributed by atoms with Crippen molar-refractivity contribution in [1.29, 1.82) is 0 Å². The first-order chi connectivity index (χ1) is 18.0. The van der Waals surface area contributed by atoms with E-state index in [1.807, 2.05) is 0 Å². The van der Waals surface area contributed by atoms with Gasteiger partial charge in [0.2, 0.25) is 0 Å². The van der Waals surface area contributed by atoms with Crippen LogP contribution in [0.3, 0.4) is 0 Å². The lowest BCUT2D eigenvalue weighted by Crippen LogP contribution is -2.24. The van der Waals surface area contributed by atoms with Gasteiger partial charge in [0.25, 0.3) is 5.91 Å². The molecule has 0 saturated carbocycles. The van der Waals surface area contributed by atoms with Gasteiger partial charge in [0.1, 0.15) is 23.2 Å². The van der Waals surface area contributed by atoms with Crippen molar-refractivity contribution in [3.63, 3.8) is 0 Å². The number of ether oxygens (including phenoxy) is 1. The van der Waals surface area contributed by atoms with Crippen molar-refractivity contribution in [3.8, 4) is 28.3 Å². The van der Waals surface area contributed by atoms with Gasteiger partial charge in [-0.05, 0) is 61.0 Å². The second kappa shape index (κ2) is 10.5. The highest BCUT2D eigenvalue weighted by Gasteiger charge is 2.17. The van der Waals surface area contributed by atoms with E-state index in [0.717, 1.165) is 18.7 Å². The molecule has 186 valence electrons. The molecule has 9 heteroatoms. The van der Waals surface area contributed by atoms with Gasteiger partial charge in [0, 0.05) is 48.1 Å². The molecule has 0 aliphatic rings. The van der Waals surface area contributed by atoms with Crippen molar-refractivity contribution in [2.75, 3.05) is 13.7 Å². The number of hydrogen-bond donors (Lipinski definition) is 2. The van der Waals surface area contributed by atoms with E-state index in [4.69, 9.17) is 14.7 Å². The standard InChI is InChI=1S/C28H23F2N5O2/c1-37-22-14-19(13-21(30)16-22)27-26(17-4-7-20(29)8-5-17)34-23-9-6-18(15-24(23)35-27)28(36)33-10-2-3-25-31-11-12-32-25/h4-9,11-16H,2-3,10H2,1H3,(H,31,32)(H,33,36). The molecule has 0 atom stereocenters. The van der Waals surface area contributed by atoms with Crippen LogP contribution < -0.4 is 10.1 Å². The lowest BCUT2D eigenvalue weighted by Gasteiger charge is -2.13. The predicted molar refractivity (Wildman–Crippen MR) is 136 cm³/mol. The minimum Gasteiger partial charge on any atom is -0.497 e. The van der Waals surface area contributed by atoms with E-state index < -0.39 is 5.82 Å². The maximum atomic E-state index is 14.4. The lowest BCUT2D eigenvalue weighted by molar-refractivity contribution is 0.0953. The van der Waals surface area contributed by atoms with E-state index in [2.05, 4.69) is 15.3 Å². The maximum absolute atomic E-state index is 14.4. The first-order valence-electron chi connectivity index (χ1n) is 11.7. The number of H-pyrrole nitrogens is 1. The number of imidazole rings is 1. The molecule has 0 spiro atoms. The number of amides is 1. The van der Waals surface area contributed by atoms with Gasteiger partial charge in [-0.1, -0.05) is 0 Å². The van der Waals surface area contributed by atoms with Crippen LogP contribution >= 0.6 is 0 Å². The number of carbonyl (C=O) groups is 1. The molecule has 0 bridgehead atoms. The van der Waals surface area contributed by atoms with Gasteiger partial charge in [-0.15, -0.1) is 0 Å². The topological polar surface area (TPSA) is 92.8 Å². The Hall–Kier alpha value is -4.66. The van der Waals surface area contributed by atoms with E-state index in [1.54, 1.807) is 48.8 Å². The molecular formula is C28H23F2N5O2.